The molecule has 0 radical (unpaired) electrons. The zero-order valence-corrected chi connectivity index (χ0v) is 9.61. The number of benzene rings is 1. The van der Waals surface area contributed by atoms with Crippen LogP contribution in [0.15, 0.2) is 18.2 Å². The molecule has 0 saturated carbocycles. The summed E-state index contributed by atoms with van der Waals surface area (Å²) in [6.45, 7) is 1.08. The molecule has 0 aliphatic heterocycles. The van der Waals surface area contributed by atoms with Crippen LogP contribution < -0.4 is 10.1 Å². The number of carboxylic acid groups (broad SMARTS) is 1. The number of carbonyl (C=O) groups is 1. The van der Waals surface area contributed by atoms with E-state index in [2.05, 4.69) is 0 Å². The molecule has 0 fully saturated rings. The SMILES string of the molecule is CC(=O)O.Nc1cc([AsH2])ccc1O. The van der Waals surface area contributed by atoms with Gasteiger partial charge in [0.25, 0.3) is 5.97 Å². The third-order valence-corrected chi connectivity index (χ3v) is 1.81. The Bertz CT molecular complexity index is 297. The van der Waals surface area contributed by atoms with E-state index in [0.717, 1.165) is 11.3 Å². The van der Waals surface area contributed by atoms with Crippen molar-refractivity contribution in [1.82, 2.24) is 0 Å². The summed E-state index contributed by atoms with van der Waals surface area (Å²) in [5.41, 5.74) is 5.84. The van der Waals surface area contributed by atoms with Crippen molar-refractivity contribution < 1.29 is 15.0 Å². The van der Waals surface area contributed by atoms with Gasteiger partial charge in [-0.25, -0.2) is 0 Å². The molecule has 1 unspecified atom stereocenters. The summed E-state index contributed by atoms with van der Waals surface area (Å²) in [5, 5.41) is 16.3. The molecule has 5 heteroatoms. The van der Waals surface area contributed by atoms with Gasteiger partial charge in [0.1, 0.15) is 0 Å². The van der Waals surface area contributed by atoms with Crippen molar-refractivity contribution in [3.05, 3.63) is 18.2 Å². The second-order valence-electron chi connectivity index (χ2n) is 2.34. The number of carboxylic acids is 1. The molecular formula is C8H12AsNO3. The molecule has 0 aliphatic rings. The average molecular weight is 245 g/mol. The van der Waals surface area contributed by atoms with Crippen LogP contribution in [-0.4, -0.2) is 33.0 Å². The molecule has 4 nitrogen and oxygen atoms in total. The Morgan fingerprint density at radius 1 is 1.54 bits per heavy atom. The molecule has 0 aliphatic carbocycles. The molecule has 1 atom stereocenters. The molecule has 0 aromatic heterocycles. The Morgan fingerprint density at radius 3 is 2.31 bits per heavy atom. The van der Waals surface area contributed by atoms with E-state index >= 15 is 0 Å². The molecule has 13 heavy (non-hydrogen) atoms. The van der Waals surface area contributed by atoms with Crippen LogP contribution in [0.4, 0.5) is 5.69 Å². The second kappa shape index (κ2) is 5.49. The van der Waals surface area contributed by atoms with Gasteiger partial charge in [0.15, 0.2) is 0 Å². The Balaban J connectivity index is 0.000000310. The Kier molecular flexibility index (Phi) is 5.00. The summed E-state index contributed by atoms with van der Waals surface area (Å²) in [4.78, 5) is 9.00. The molecule has 0 saturated heterocycles. The van der Waals surface area contributed by atoms with Gasteiger partial charge in [0.05, 0.1) is 0 Å². The summed E-state index contributed by atoms with van der Waals surface area (Å²) in [6.07, 6.45) is 0. The average Bonchev–Trinajstić information content (AvgIpc) is 1.96. The Morgan fingerprint density at radius 2 is 2.00 bits per heavy atom. The zero-order valence-electron chi connectivity index (χ0n) is 7.19. The zero-order chi connectivity index (χ0) is 10.4. The van der Waals surface area contributed by atoms with E-state index < -0.39 is 5.97 Å². The summed E-state index contributed by atoms with van der Waals surface area (Å²) in [7, 11) is 0. The number of nitrogens with two attached hydrogens (primary N) is 1. The van der Waals surface area contributed by atoms with E-state index in [9.17, 15) is 0 Å². The van der Waals surface area contributed by atoms with E-state index in [1.165, 1.54) is 16.9 Å². The number of nitrogen functional groups attached to an aromatic ring is 1. The van der Waals surface area contributed by atoms with E-state index in [1.54, 1.807) is 12.1 Å². The van der Waals surface area contributed by atoms with Gasteiger partial charge in [0.2, 0.25) is 0 Å². The van der Waals surface area contributed by atoms with Gasteiger partial charge in [-0.2, -0.15) is 0 Å². The van der Waals surface area contributed by atoms with Crippen LogP contribution in [0, 0.1) is 0 Å². The van der Waals surface area contributed by atoms with Crippen LogP contribution in [-0.2, 0) is 4.79 Å². The predicted octanol–water partition coefficient (Wildman–Crippen LogP) is -0.676. The van der Waals surface area contributed by atoms with Crippen LogP contribution in [0.5, 0.6) is 5.75 Å². The number of phenolic OH excluding ortho intramolecular Hbond substituents is 1. The molecule has 0 amide bonds. The normalized spacial score (nSPS) is 8.46. The quantitative estimate of drug-likeness (QED) is 0.321. The predicted molar refractivity (Wildman–Crippen MR) is 54.0 cm³/mol. The number of anilines is 1. The van der Waals surface area contributed by atoms with Gasteiger partial charge >= 0.3 is 61.7 Å². The van der Waals surface area contributed by atoms with Crippen molar-refractivity contribution in [3.63, 3.8) is 0 Å². The van der Waals surface area contributed by atoms with Crippen LogP contribution in [0.3, 0.4) is 0 Å². The fourth-order valence-electron chi connectivity index (χ4n) is 0.573. The molecule has 1 rings (SSSR count). The molecule has 0 bridgehead atoms. The van der Waals surface area contributed by atoms with Gasteiger partial charge in [-0.15, -0.1) is 0 Å². The number of phenols is 1. The number of hydrogen-bond donors (Lipinski definition) is 3. The van der Waals surface area contributed by atoms with Gasteiger partial charge in [-0.05, 0) is 0 Å². The van der Waals surface area contributed by atoms with Crippen molar-refractivity contribution in [3.8, 4) is 5.75 Å². The first kappa shape index (κ1) is 11.8. The van der Waals surface area contributed by atoms with Crippen molar-refractivity contribution in [2.75, 3.05) is 5.73 Å². The molecular weight excluding hydrogens is 233 g/mol. The topological polar surface area (TPSA) is 83.5 Å². The standard InChI is InChI=1S/C6H8AsNO.C2H4O2/c7-4-1-2-6(9)5(8)3-4;1-2(3)4/h1-3,9H,7-8H2;1H3,(H,3,4). The molecule has 72 valence electrons. The Labute approximate surface area is 84.9 Å². The minimum atomic E-state index is -0.833. The molecule has 0 spiro atoms. The van der Waals surface area contributed by atoms with E-state index in [-0.39, 0.29) is 5.75 Å². The fraction of sp³-hybridized carbons (Fsp3) is 0.125. The number of aliphatic carboxylic acids is 1. The van der Waals surface area contributed by atoms with E-state index in [0.29, 0.717) is 5.69 Å². The number of rotatable bonds is 0. The summed E-state index contributed by atoms with van der Waals surface area (Å²) in [5.74, 6) is -0.670. The molecule has 1 aromatic rings. The number of hydrogen-bond acceptors (Lipinski definition) is 3. The fourth-order valence-corrected chi connectivity index (χ4v) is 1.15. The molecule has 1 aromatic carbocycles. The van der Waals surface area contributed by atoms with Gasteiger partial charge < -0.3 is 5.11 Å². The first-order valence-corrected chi connectivity index (χ1v) is 4.68. The van der Waals surface area contributed by atoms with Crippen LogP contribution in [0.2, 0.25) is 0 Å². The minimum absolute atomic E-state index is 0.163. The van der Waals surface area contributed by atoms with Gasteiger partial charge in [-0.1, -0.05) is 0 Å². The van der Waals surface area contributed by atoms with Crippen LogP contribution in [0.1, 0.15) is 6.92 Å². The van der Waals surface area contributed by atoms with Crippen molar-refractivity contribution in [1.29, 1.82) is 0 Å². The van der Waals surface area contributed by atoms with Crippen LogP contribution >= 0.6 is 0 Å². The van der Waals surface area contributed by atoms with Crippen molar-refractivity contribution in [2.24, 2.45) is 0 Å². The third-order valence-electron chi connectivity index (χ3n) is 1.05. The van der Waals surface area contributed by atoms with Crippen molar-refractivity contribution >= 4 is 32.9 Å². The first-order valence-electron chi connectivity index (χ1n) is 3.47. The van der Waals surface area contributed by atoms with E-state index in [1.807, 2.05) is 6.07 Å². The summed E-state index contributed by atoms with van der Waals surface area (Å²) in [6, 6.07) is 5.20. The summed E-state index contributed by atoms with van der Waals surface area (Å²) >= 11 is 1.50. The van der Waals surface area contributed by atoms with Crippen molar-refractivity contribution in [2.45, 2.75) is 6.92 Å². The second-order valence-corrected chi connectivity index (χ2v) is 3.74. The van der Waals surface area contributed by atoms with Crippen LogP contribution in [0.25, 0.3) is 0 Å². The van der Waals surface area contributed by atoms with Gasteiger partial charge in [-0.3, -0.25) is 4.79 Å². The summed E-state index contributed by atoms with van der Waals surface area (Å²) < 4.78 is 1.12. The number of aromatic hydroxyl groups is 1. The maximum atomic E-state index is 9.00. The maximum absolute atomic E-state index is 9.00. The monoisotopic (exact) mass is 245 g/mol. The molecule has 0 heterocycles. The van der Waals surface area contributed by atoms with Gasteiger partial charge in [0, 0.05) is 6.92 Å². The molecule has 4 N–H and O–H groups in total. The Hall–Kier alpha value is -1.15. The van der Waals surface area contributed by atoms with E-state index in [4.69, 9.17) is 20.7 Å². The third kappa shape index (κ3) is 6.05. The first-order chi connectivity index (χ1) is 5.93.